The Balaban J connectivity index is 2.60. The van der Waals surface area contributed by atoms with Crippen molar-refractivity contribution >= 4 is 5.97 Å². The fourth-order valence-electron chi connectivity index (χ4n) is 1.82. The van der Waals surface area contributed by atoms with Crippen LogP contribution in [0.5, 0.6) is 0 Å². The van der Waals surface area contributed by atoms with Gasteiger partial charge in [-0.2, -0.15) is 0 Å². The second kappa shape index (κ2) is 3.51. The van der Waals surface area contributed by atoms with Crippen LogP contribution in [0.3, 0.4) is 0 Å². The lowest BCUT2D eigenvalue weighted by Crippen LogP contribution is -2.33. The Labute approximate surface area is 83.9 Å². The molecule has 1 heterocycles. The summed E-state index contributed by atoms with van der Waals surface area (Å²) in [7, 11) is 0. The van der Waals surface area contributed by atoms with E-state index in [-0.39, 0.29) is 24.9 Å². The molecule has 1 saturated heterocycles. The molecule has 0 aromatic rings. The van der Waals surface area contributed by atoms with Crippen LogP contribution >= 0.6 is 0 Å². The third-order valence-electron chi connectivity index (χ3n) is 2.47. The van der Waals surface area contributed by atoms with E-state index < -0.39 is 11.2 Å². The Kier molecular flexibility index (Phi) is 2.88. The molecule has 1 aliphatic heterocycles. The summed E-state index contributed by atoms with van der Waals surface area (Å²) in [4.78, 5) is 11.4. The highest BCUT2D eigenvalue weighted by Gasteiger charge is 2.42. The van der Waals surface area contributed by atoms with Gasteiger partial charge in [0.1, 0.15) is 5.60 Å². The number of hydrogen-bond acceptors (Lipinski definition) is 4. The zero-order chi connectivity index (χ0) is 11.0. The first-order valence-corrected chi connectivity index (χ1v) is 4.82. The summed E-state index contributed by atoms with van der Waals surface area (Å²) in [5.74, 6) is -0.573. The molecule has 1 rings (SSSR count). The highest BCUT2D eigenvalue weighted by molar-refractivity contribution is 5.75. The van der Waals surface area contributed by atoms with Gasteiger partial charge in [-0.15, -0.1) is 0 Å². The maximum absolute atomic E-state index is 11.4. The highest BCUT2D eigenvalue weighted by atomic mass is 16.6. The molecule has 0 saturated carbocycles. The van der Waals surface area contributed by atoms with Gasteiger partial charge in [-0.25, -0.2) is 0 Å². The molecular formula is C10H18O4. The van der Waals surface area contributed by atoms with E-state index in [9.17, 15) is 9.90 Å². The smallest absolute Gasteiger partial charge is 0.309 e. The third-order valence-corrected chi connectivity index (χ3v) is 2.47. The van der Waals surface area contributed by atoms with Crippen LogP contribution in [0.2, 0.25) is 0 Å². The predicted octanol–water partition coefficient (Wildman–Crippen LogP) is 0.461. The van der Waals surface area contributed by atoms with Crippen molar-refractivity contribution in [2.24, 2.45) is 5.92 Å². The molecule has 1 fully saturated rings. The number of carbonyl (C=O) groups excluding carboxylic acids is 1. The number of hydrogen-bond donors (Lipinski definition) is 2. The van der Waals surface area contributed by atoms with Gasteiger partial charge in [-0.1, -0.05) is 0 Å². The second-order valence-corrected chi connectivity index (χ2v) is 4.94. The fraction of sp³-hybridized carbons (Fsp3) is 0.900. The van der Waals surface area contributed by atoms with Crippen molar-refractivity contribution in [3.05, 3.63) is 0 Å². The molecule has 0 bridgehead atoms. The van der Waals surface area contributed by atoms with Crippen molar-refractivity contribution in [1.82, 2.24) is 0 Å². The lowest BCUT2D eigenvalue weighted by Gasteiger charge is -2.22. The Morgan fingerprint density at radius 1 is 1.64 bits per heavy atom. The van der Waals surface area contributed by atoms with Crippen molar-refractivity contribution in [2.45, 2.75) is 44.8 Å². The minimum absolute atomic E-state index is 0.256. The largest absolute Gasteiger partial charge is 0.459 e. The summed E-state index contributed by atoms with van der Waals surface area (Å²) >= 11 is 0. The van der Waals surface area contributed by atoms with Crippen LogP contribution in [0.4, 0.5) is 0 Å². The van der Waals surface area contributed by atoms with E-state index in [1.165, 1.54) is 6.92 Å². The molecule has 0 radical (unpaired) electrons. The number of aliphatic hydroxyl groups is 2. The van der Waals surface area contributed by atoms with Crippen LogP contribution in [0.15, 0.2) is 0 Å². The SMILES string of the molecule is CC(O)(CO)CC1CC(C)(C)OC1=O. The van der Waals surface area contributed by atoms with Crippen molar-refractivity contribution in [2.75, 3.05) is 6.61 Å². The molecule has 1 aliphatic rings. The van der Waals surface area contributed by atoms with Crippen LogP contribution in [0.1, 0.15) is 33.6 Å². The summed E-state index contributed by atoms with van der Waals surface area (Å²) in [6.07, 6.45) is 0.855. The fourth-order valence-corrected chi connectivity index (χ4v) is 1.82. The Morgan fingerprint density at radius 3 is 2.57 bits per heavy atom. The first-order chi connectivity index (χ1) is 6.26. The van der Waals surface area contributed by atoms with Gasteiger partial charge in [0, 0.05) is 6.42 Å². The van der Waals surface area contributed by atoms with E-state index in [0.717, 1.165) is 0 Å². The van der Waals surface area contributed by atoms with Gasteiger partial charge in [0.15, 0.2) is 0 Å². The Bertz CT molecular complexity index is 232. The van der Waals surface area contributed by atoms with Gasteiger partial charge in [-0.05, 0) is 27.2 Å². The predicted molar refractivity (Wildman–Crippen MR) is 50.6 cm³/mol. The Hall–Kier alpha value is -0.610. The zero-order valence-corrected chi connectivity index (χ0v) is 8.91. The molecular weight excluding hydrogens is 184 g/mol. The molecule has 0 aliphatic carbocycles. The number of carbonyl (C=O) groups is 1. The summed E-state index contributed by atoms with van der Waals surface area (Å²) < 4.78 is 5.12. The second-order valence-electron chi connectivity index (χ2n) is 4.94. The quantitative estimate of drug-likeness (QED) is 0.652. The van der Waals surface area contributed by atoms with Crippen LogP contribution in [0, 0.1) is 5.92 Å². The molecule has 4 nitrogen and oxygen atoms in total. The van der Waals surface area contributed by atoms with Crippen LogP contribution < -0.4 is 0 Å². The van der Waals surface area contributed by atoms with Gasteiger partial charge < -0.3 is 14.9 Å². The number of cyclic esters (lactones) is 1. The molecule has 2 N–H and O–H groups in total. The van der Waals surface area contributed by atoms with Crippen molar-refractivity contribution < 1.29 is 19.7 Å². The topological polar surface area (TPSA) is 66.8 Å². The van der Waals surface area contributed by atoms with Crippen molar-refractivity contribution in [3.63, 3.8) is 0 Å². The molecule has 0 spiro atoms. The number of ether oxygens (including phenoxy) is 1. The van der Waals surface area contributed by atoms with Gasteiger partial charge in [0.05, 0.1) is 18.1 Å². The summed E-state index contributed by atoms with van der Waals surface area (Å²) in [5.41, 5.74) is -1.63. The molecule has 0 aromatic heterocycles. The average Bonchev–Trinajstić information content (AvgIpc) is 2.24. The molecule has 2 unspecified atom stereocenters. The maximum Gasteiger partial charge on any atom is 0.309 e. The molecule has 82 valence electrons. The van der Waals surface area contributed by atoms with Crippen molar-refractivity contribution in [3.8, 4) is 0 Å². The van der Waals surface area contributed by atoms with Crippen LogP contribution in [0.25, 0.3) is 0 Å². The Morgan fingerprint density at radius 2 is 2.21 bits per heavy atom. The first-order valence-electron chi connectivity index (χ1n) is 4.82. The van der Waals surface area contributed by atoms with E-state index in [4.69, 9.17) is 9.84 Å². The summed E-state index contributed by atoms with van der Waals surface area (Å²) in [6, 6.07) is 0. The first kappa shape index (κ1) is 11.5. The number of esters is 1. The van der Waals surface area contributed by atoms with E-state index in [2.05, 4.69) is 0 Å². The van der Waals surface area contributed by atoms with Gasteiger partial charge in [-0.3, -0.25) is 4.79 Å². The molecule has 14 heavy (non-hydrogen) atoms. The minimum atomic E-state index is -1.19. The van der Waals surface area contributed by atoms with Gasteiger partial charge in [0.2, 0.25) is 0 Å². The van der Waals surface area contributed by atoms with Gasteiger partial charge in [0.25, 0.3) is 0 Å². The minimum Gasteiger partial charge on any atom is -0.459 e. The highest BCUT2D eigenvalue weighted by Crippen LogP contribution is 2.34. The van der Waals surface area contributed by atoms with Crippen molar-refractivity contribution in [1.29, 1.82) is 0 Å². The van der Waals surface area contributed by atoms with Crippen LogP contribution in [-0.4, -0.2) is 34.0 Å². The third kappa shape index (κ3) is 2.69. The lowest BCUT2D eigenvalue weighted by atomic mass is 9.88. The lowest BCUT2D eigenvalue weighted by molar-refractivity contribution is -0.150. The molecule has 2 atom stereocenters. The number of aliphatic hydroxyl groups excluding tert-OH is 1. The summed E-state index contributed by atoms with van der Waals surface area (Å²) in [6.45, 7) is 4.87. The number of rotatable bonds is 3. The molecule has 0 aromatic carbocycles. The average molecular weight is 202 g/mol. The standard InChI is InChI=1S/C10H18O4/c1-9(2)4-7(8(12)14-9)5-10(3,13)6-11/h7,11,13H,4-6H2,1-3H3. The normalized spacial score (nSPS) is 29.8. The van der Waals surface area contributed by atoms with E-state index in [1.807, 2.05) is 13.8 Å². The van der Waals surface area contributed by atoms with Crippen LogP contribution in [-0.2, 0) is 9.53 Å². The summed E-state index contributed by atoms with van der Waals surface area (Å²) in [5, 5.41) is 18.5. The van der Waals surface area contributed by atoms with E-state index in [0.29, 0.717) is 6.42 Å². The molecule has 0 amide bonds. The van der Waals surface area contributed by atoms with E-state index >= 15 is 0 Å². The van der Waals surface area contributed by atoms with Gasteiger partial charge >= 0.3 is 5.97 Å². The maximum atomic E-state index is 11.4. The zero-order valence-electron chi connectivity index (χ0n) is 8.91. The monoisotopic (exact) mass is 202 g/mol. The van der Waals surface area contributed by atoms with E-state index in [1.54, 1.807) is 0 Å². The molecule has 4 heteroatoms.